The van der Waals surface area contributed by atoms with Crippen molar-refractivity contribution in [3.05, 3.63) is 44.9 Å². The number of anilines is 1. The highest BCUT2D eigenvalue weighted by atomic mass is 35.5. The number of carbonyl (C=O) groups is 2. The molecule has 22 heavy (non-hydrogen) atoms. The molecular formula is C14H12Cl2N2O3S. The average molecular weight is 359 g/mol. The Kier molecular flexibility index (Phi) is 5.76. The highest BCUT2D eigenvalue weighted by Gasteiger charge is 2.15. The van der Waals surface area contributed by atoms with Gasteiger partial charge in [-0.15, -0.1) is 11.3 Å². The third-order valence-electron chi connectivity index (χ3n) is 2.60. The number of ether oxygens (including phenoxy) is 1. The molecule has 0 aliphatic rings. The summed E-state index contributed by atoms with van der Waals surface area (Å²) in [5.74, 6) is -0.770. The summed E-state index contributed by atoms with van der Waals surface area (Å²) in [5.41, 5.74) is 0.798. The van der Waals surface area contributed by atoms with Crippen LogP contribution in [-0.4, -0.2) is 23.5 Å². The Hall–Kier alpha value is -1.63. The maximum absolute atomic E-state index is 12.1. The second-order valence-electron chi connectivity index (χ2n) is 4.18. The molecule has 0 fully saturated rings. The van der Waals surface area contributed by atoms with Crippen molar-refractivity contribution in [1.29, 1.82) is 0 Å². The molecule has 0 unspecified atom stereocenters. The van der Waals surface area contributed by atoms with Gasteiger partial charge in [-0.25, -0.2) is 4.98 Å². The van der Waals surface area contributed by atoms with Crippen LogP contribution in [-0.2, 0) is 16.0 Å². The molecule has 1 heterocycles. The van der Waals surface area contributed by atoms with Crippen molar-refractivity contribution in [3.8, 4) is 0 Å². The van der Waals surface area contributed by atoms with Crippen LogP contribution in [0, 0.1) is 0 Å². The van der Waals surface area contributed by atoms with Crippen LogP contribution in [0.25, 0.3) is 0 Å². The number of hydrogen-bond donors (Lipinski definition) is 1. The summed E-state index contributed by atoms with van der Waals surface area (Å²) in [6.07, 6.45) is 0.0676. The summed E-state index contributed by atoms with van der Waals surface area (Å²) in [7, 11) is 0. The van der Waals surface area contributed by atoms with E-state index >= 15 is 0 Å². The normalized spacial score (nSPS) is 10.3. The molecule has 0 saturated heterocycles. The van der Waals surface area contributed by atoms with Crippen LogP contribution in [0.4, 0.5) is 5.13 Å². The van der Waals surface area contributed by atoms with E-state index in [0.29, 0.717) is 22.5 Å². The highest BCUT2D eigenvalue weighted by molar-refractivity contribution is 7.14. The minimum absolute atomic E-state index is 0.0676. The zero-order valence-electron chi connectivity index (χ0n) is 11.6. The van der Waals surface area contributed by atoms with Gasteiger partial charge in [-0.2, -0.15) is 0 Å². The number of nitrogens with one attached hydrogen (secondary N) is 1. The lowest BCUT2D eigenvalue weighted by Gasteiger charge is -2.05. The lowest BCUT2D eigenvalue weighted by Crippen LogP contribution is -2.13. The number of nitrogens with zero attached hydrogens (tertiary/aromatic N) is 1. The van der Waals surface area contributed by atoms with Crippen LogP contribution in [0.15, 0.2) is 23.6 Å². The first kappa shape index (κ1) is 16.7. The molecule has 0 aliphatic heterocycles. The molecule has 2 rings (SSSR count). The summed E-state index contributed by atoms with van der Waals surface area (Å²) in [6, 6.07) is 4.80. The molecule has 116 valence electrons. The Morgan fingerprint density at radius 2 is 2.14 bits per heavy atom. The van der Waals surface area contributed by atoms with Gasteiger partial charge >= 0.3 is 5.97 Å². The van der Waals surface area contributed by atoms with Crippen molar-refractivity contribution in [3.63, 3.8) is 0 Å². The highest BCUT2D eigenvalue weighted by Crippen LogP contribution is 2.26. The van der Waals surface area contributed by atoms with Gasteiger partial charge < -0.3 is 4.74 Å². The first-order chi connectivity index (χ1) is 10.5. The molecule has 0 aliphatic carbocycles. The van der Waals surface area contributed by atoms with E-state index in [2.05, 4.69) is 10.3 Å². The van der Waals surface area contributed by atoms with E-state index in [1.165, 1.54) is 11.3 Å². The van der Waals surface area contributed by atoms with Gasteiger partial charge in [0.25, 0.3) is 5.91 Å². The Labute approximate surface area is 141 Å². The minimum Gasteiger partial charge on any atom is -0.466 e. The summed E-state index contributed by atoms with van der Waals surface area (Å²) in [6.45, 7) is 2.05. The monoisotopic (exact) mass is 358 g/mol. The van der Waals surface area contributed by atoms with Crippen molar-refractivity contribution in [2.75, 3.05) is 11.9 Å². The van der Waals surface area contributed by atoms with E-state index in [9.17, 15) is 9.59 Å². The first-order valence-corrected chi connectivity index (χ1v) is 8.00. The zero-order chi connectivity index (χ0) is 16.1. The topological polar surface area (TPSA) is 68.3 Å². The largest absolute Gasteiger partial charge is 0.466 e. The fourth-order valence-corrected chi connectivity index (χ4v) is 2.74. The Bertz CT molecular complexity index is 703. The molecular weight excluding hydrogens is 347 g/mol. The molecule has 1 aromatic carbocycles. The number of hydrogen-bond acceptors (Lipinski definition) is 5. The number of rotatable bonds is 5. The third-order valence-corrected chi connectivity index (χ3v) is 4.22. The van der Waals surface area contributed by atoms with Gasteiger partial charge in [-0.05, 0) is 19.1 Å². The smallest absolute Gasteiger partial charge is 0.311 e. The number of aromatic nitrogens is 1. The number of esters is 1. The zero-order valence-corrected chi connectivity index (χ0v) is 13.9. The van der Waals surface area contributed by atoms with E-state index in [-0.39, 0.29) is 23.0 Å². The van der Waals surface area contributed by atoms with Crippen molar-refractivity contribution in [1.82, 2.24) is 4.98 Å². The van der Waals surface area contributed by atoms with E-state index in [1.807, 2.05) is 0 Å². The number of benzene rings is 1. The van der Waals surface area contributed by atoms with Gasteiger partial charge in [-0.3, -0.25) is 14.9 Å². The summed E-state index contributed by atoms with van der Waals surface area (Å²) in [4.78, 5) is 27.7. The van der Waals surface area contributed by atoms with Crippen LogP contribution >= 0.6 is 34.5 Å². The van der Waals surface area contributed by atoms with Crippen LogP contribution < -0.4 is 5.32 Å². The van der Waals surface area contributed by atoms with Crippen molar-refractivity contribution in [2.24, 2.45) is 0 Å². The van der Waals surface area contributed by atoms with Crippen LogP contribution in [0.5, 0.6) is 0 Å². The predicted molar refractivity (Wildman–Crippen MR) is 86.9 cm³/mol. The van der Waals surface area contributed by atoms with Crippen molar-refractivity contribution in [2.45, 2.75) is 13.3 Å². The van der Waals surface area contributed by atoms with Gasteiger partial charge in [0.15, 0.2) is 5.13 Å². The van der Waals surface area contributed by atoms with Crippen LogP contribution in [0.2, 0.25) is 10.0 Å². The summed E-state index contributed by atoms with van der Waals surface area (Å²) >= 11 is 13.1. The van der Waals surface area contributed by atoms with E-state index in [0.717, 1.165) is 0 Å². The molecule has 1 amide bonds. The Balaban J connectivity index is 2.05. The third kappa shape index (κ3) is 4.19. The second-order valence-corrected chi connectivity index (χ2v) is 5.82. The molecule has 8 heteroatoms. The minimum atomic E-state index is -0.412. The molecule has 1 aromatic heterocycles. The second kappa shape index (κ2) is 7.58. The average Bonchev–Trinajstić information content (AvgIpc) is 2.89. The number of thiazole rings is 1. The number of amides is 1. The van der Waals surface area contributed by atoms with Gasteiger partial charge in [-0.1, -0.05) is 29.3 Å². The maximum atomic E-state index is 12.1. The van der Waals surface area contributed by atoms with Gasteiger partial charge in [0.05, 0.1) is 34.3 Å². The van der Waals surface area contributed by atoms with E-state index in [4.69, 9.17) is 27.9 Å². The molecule has 0 radical (unpaired) electrons. The molecule has 0 bridgehead atoms. The van der Waals surface area contributed by atoms with Crippen molar-refractivity contribution < 1.29 is 14.3 Å². The number of carbonyl (C=O) groups excluding carboxylic acids is 2. The molecule has 0 atom stereocenters. The Morgan fingerprint density at radius 3 is 2.86 bits per heavy atom. The SMILES string of the molecule is CCOC(=O)Cc1csc(NC(=O)c2cccc(Cl)c2Cl)n1. The fourth-order valence-electron chi connectivity index (χ4n) is 1.65. The predicted octanol–water partition coefficient (Wildman–Crippen LogP) is 3.81. The van der Waals surface area contributed by atoms with Crippen LogP contribution in [0.3, 0.4) is 0 Å². The first-order valence-electron chi connectivity index (χ1n) is 6.36. The van der Waals surface area contributed by atoms with Gasteiger partial charge in [0.1, 0.15) is 0 Å². The molecule has 5 nitrogen and oxygen atoms in total. The molecule has 2 aromatic rings. The molecule has 0 spiro atoms. The molecule has 0 saturated carbocycles. The maximum Gasteiger partial charge on any atom is 0.311 e. The van der Waals surface area contributed by atoms with E-state index < -0.39 is 5.91 Å². The number of halogens is 2. The van der Waals surface area contributed by atoms with Gasteiger partial charge in [0.2, 0.25) is 0 Å². The van der Waals surface area contributed by atoms with E-state index in [1.54, 1.807) is 30.5 Å². The summed E-state index contributed by atoms with van der Waals surface area (Å²) < 4.78 is 4.84. The molecule has 1 N–H and O–H groups in total. The lowest BCUT2D eigenvalue weighted by molar-refractivity contribution is -0.142. The standard InChI is InChI=1S/C14H12Cl2N2O3S/c1-2-21-11(19)6-8-7-22-14(17-8)18-13(20)9-4-3-5-10(15)12(9)16/h3-5,7H,2,6H2,1H3,(H,17,18,20). The van der Waals surface area contributed by atoms with Crippen LogP contribution in [0.1, 0.15) is 23.0 Å². The lowest BCUT2D eigenvalue weighted by atomic mass is 10.2. The Morgan fingerprint density at radius 1 is 1.36 bits per heavy atom. The quantitative estimate of drug-likeness (QED) is 0.825. The van der Waals surface area contributed by atoms with Crippen molar-refractivity contribution >= 4 is 51.5 Å². The fraction of sp³-hybridized carbons (Fsp3) is 0.214. The summed E-state index contributed by atoms with van der Waals surface area (Å²) in [5, 5.41) is 5.17. The van der Waals surface area contributed by atoms with Gasteiger partial charge in [0, 0.05) is 5.38 Å².